The number of carbonyl (C=O) groups excluding carboxylic acids is 2. The van der Waals surface area contributed by atoms with Gasteiger partial charge in [0.1, 0.15) is 6.10 Å². The Morgan fingerprint density at radius 2 is 0.831 bits per heavy atom. The highest BCUT2D eigenvalue weighted by Crippen LogP contribution is 2.18. The number of nitrogens with one attached hydrogen (secondary N) is 1. The van der Waals surface area contributed by atoms with E-state index in [1.54, 1.807) is 0 Å². The standard InChI is InChI=1S/C59H109NO5/c1-4-7-10-13-16-19-22-25-28-29-31-32-35-38-41-44-47-50-55(65-59(64)52-49-46-43-40-37-34-27-24-21-18-15-12-9-6-3)53-58(63)60-56(54-61)57(62)51-48-45-42-39-36-33-30-26-23-20-17-14-11-8-5-2/h9,12,18,21,25,27-28,34,55-57,61-62H,4-8,10-11,13-17,19-20,22-24,26,29-33,35-54H2,1-3H3,(H,60,63)/b12-9+,21-18+,28-25+,34-27+. The number of rotatable bonds is 51. The van der Waals surface area contributed by atoms with E-state index >= 15 is 0 Å². The molecule has 0 fully saturated rings. The lowest BCUT2D eigenvalue weighted by Gasteiger charge is -2.24. The molecule has 1 amide bonds. The number of ether oxygens (including phenoxy) is 1. The molecule has 0 aliphatic rings. The summed E-state index contributed by atoms with van der Waals surface area (Å²) in [6, 6.07) is -0.708. The van der Waals surface area contributed by atoms with Crippen molar-refractivity contribution in [2.75, 3.05) is 6.61 Å². The first kappa shape index (κ1) is 62.8. The van der Waals surface area contributed by atoms with Gasteiger partial charge in [0.05, 0.1) is 25.2 Å². The van der Waals surface area contributed by atoms with Crippen LogP contribution >= 0.6 is 0 Å². The summed E-state index contributed by atoms with van der Waals surface area (Å²) in [6.45, 7) is 6.39. The van der Waals surface area contributed by atoms with E-state index in [-0.39, 0.29) is 24.9 Å². The van der Waals surface area contributed by atoms with Crippen molar-refractivity contribution in [3.8, 4) is 0 Å². The predicted molar refractivity (Wildman–Crippen MR) is 282 cm³/mol. The van der Waals surface area contributed by atoms with Crippen molar-refractivity contribution in [2.45, 2.75) is 309 Å². The van der Waals surface area contributed by atoms with Gasteiger partial charge in [-0.25, -0.2) is 0 Å². The first-order chi connectivity index (χ1) is 32.0. The Hall–Kier alpha value is -2.18. The van der Waals surface area contributed by atoms with E-state index in [2.05, 4.69) is 74.7 Å². The zero-order valence-electron chi connectivity index (χ0n) is 43.4. The molecule has 0 saturated carbocycles. The second kappa shape index (κ2) is 52.8. The Bertz CT molecular complexity index is 1110. The summed E-state index contributed by atoms with van der Waals surface area (Å²) in [6.07, 6.45) is 64.6. The number of carbonyl (C=O) groups is 2. The van der Waals surface area contributed by atoms with Crippen LogP contribution in [-0.2, 0) is 14.3 Å². The van der Waals surface area contributed by atoms with Gasteiger partial charge in [-0.2, -0.15) is 0 Å². The summed E-state index contributed by atoms with van der Waals surface area (Å²) in [5, 5.41) is 23.9. The van der Waals surface area contributed by atoms with Crippen LogP contribution in [0.1, 0.15) is 290 Å². The molecule has 0 aromatic carbocycles. The molecule has 0 spiro atoms. The van der Waals surface area contributed by atoms with Crippen molar-refractivity contribution in [1.82, 2.24) is 5.32 Å². The van der Waals surface area contributed by atoms with Crippen LogP contribution in [0.25, 0.3) is 0 Å². The van der Waals surface area contributed by atoms with E-state index in [9.17, 15) is 19.8 Å². The Labute approximate surface area is 404 Å². The highest BCUT2D eigenvalue weighted by atomic mass is 16.5. The largest absolute Gasteiger partial charge is 0.462 e. The second-order valence-electron chi connectivity index (χ2n) is 19.3. The molecule has 6 heteroatoms. The molecule has 3 N–H and O–H groups in total. The predicted octanol–water partition coefficient (Wildman–Crippen LogP) is 17.4. The van der Waals surface area contributed by atoms with Gasteiger partial charge in [-0.15, -0.1) is 0 Å². The average Bonchev–Trinajstić information content (AvgIpc) is 3.30. The van der Waals surface area contributed by atoms with Gasteiger partial charge < -0.3 is 20.3 Å². The van der Waals surface area contributed by atoms with Crippen LogP contribution in [0.15, 0.2) is 48.6 Å². The molecule has 3 unspecified atom stereocenters. The highest BCUT2D eigenvalue weighted by Gasteiger charge is 2.24. The minimum atomic E-state index is -0.793. The number of aliphatic hydroxyl groups is 2. The molecule has 65 heavy (non-hydrogen) atoms. The van der Waals surface area contributed by atoms with E-state index < -0.39 is 18.2 Å². The highest BCUT2D eigenvalue weighted by molar-refractivity contribution is 5.77. The SMILES string of the molecule is CC/C=C/C/C=C/C/C=C/CCCCCCC(=O)OC(CCCCCCCCC/C=C/CCCCCCCC)CC(=O)NC(CO)C(O)CCCCCCCCCCCCCCCCC. The average molecular weight is 913 g/mol. The van der Waals surface area contributed by atoms with Gasteiger partial charge in [0, 0.05) is 6.42 Å². The molecule has 0 aromatic heterocycles. The molecular formula is C59H109NO5. The van der Waals surface area contributed by atoms with E-state index in [1.165, 1.54) is 154 Å². The fraction of sp³-hybridized carbons (Fsp3) is 0.831. The molecule has 0 bridgehead atoms. The zero-order valence-corrected chi connectivity index (χ0v) is 43.4. The number of aliphatic hydroxyl groups excluding tert-OH is 2. The van der Waals surface area contributed by atoms with Gasteiger partial charge >= 0.3 is 5.97 Å². The van der Waals surface area contributed by atoms with Gasteiger partial charge in [0.15, 0.2) is 0 Å². The molecule has 6 nitrogen and oxygen atoms in total. The molecule has 3 atom stereocenters. The number of hydrogen-bond acceptors (Lipinski definition) is 5. The summed E-state index contributed by atoms with van der Waals surface area (Å²) in [4.78, 5) is 26.2. The maximum Gasteiger partial charge on any atom is 0.306 e. The third-order valence-electron chi connectivity index (χ3n) is 12.9. The topological polar surface area (TPSA) is 95.9 Å². The first-order valence-corrected chi connectivity index (χ1v) is 28.4. The van der Waals surface area contributed by atoms with Gasteiger partial charge in [-0.1, -0.05) is 243 Å². The van der Waals surface area contributed by atoms with E-state index in [1.807, 2.05) is 0 Å². The van der Waals surface area contributed by atoms with Crippen molar-refractivity contribution < 1.29 is 24.5 Å². The smallest absolute Gasteiger partial charge is 0.306 e. The minimum absolute atomic E-state index is 0.0667. The summed E-state index contributed by atoms with van der Waals surface area (Å²) in [5.41, 5.74) is 0. The van der Waals surface area contributed by atoms with Crippen LogP contribution in [0, 0.1) is 0 Å². The van der Waals surface area contributed by atoms with Crippen LogP contribution in [0.3, 0.4) is 0 Å². The van der Waals surface area contributed by atoms with Crippen molar-refractivity contribution in [3.05, 3.63) is 48.6 Å². The Morgan fingerprint density at radius 1 is 0.462 bits per heavy atom. The molecule has 0 aromatic rings. The second-order valence-corrected chi connectivity index (χ2v) is 19.3. The Balaban J connectivity index is 4.58. The molecule has 0 aliphatic carbocycles. The summed E-state index contributed by atoms with van der Waals surface area (Å²) in [5.74, 6) is -0.494. The van der Waals surface area contributed by atoms with E-state index in [0.29, 0.717) is 19.3 Å². The lowest BCUT2D eigenvalue weighted by atomic mass is 10.0. The van der Waals surface area contributed by atoms with Crippen molar-refractivity contribution in [3.63, 3.8) is 0 Å². The molecule has 380 valence electrons. The zero-order chi connectivity index (χ0) is 47.4. The monoisotopic (exact) mass is 912 g/mol. The number of esters is 1. The molecule has 0 radical (unpaired) electrons. The third-order valence-corrected chi connectivity index (χ3v) is 12.9. The van der Waals surface area contributed by atoms with Crippen LogP contribution in [0.2, 0.25) is 0 Å². The normalized spacial score (nSPS) is 13.5. The summed E-state index contributed by atoms with van der Waals surface area (Å²) >= 11 is 0. The quantitative estimate of drug-likeness (QED) is 0.0321. The Morgan fingerprint density at radius 3 is 1.28 bits per heavy atom. The minimum Gasteiger partial charge on any atom is -0.462 e. The Kier molecular flexibility index (Phi) is 51.0. The maximum atomic E-state index is 13.3. The fourth-order valence-electron chi connectivity index (χ4n) is 8.62. The third kappa shape index (κ3) is 48.1. The van der Waals surface area contributed by atoms with Crippen molar-refractivity contribution in [2.24, 2.45) is 0 Å². The van der Waals surface area contributed by atoms with Gasteiger partial charge in [0.25, 0.3) is 0 Å². The molecule has 0 saturated heterocycles. The van der Waals surface area contributed by atoms with Crippen LogP contribution in [-0.4, -0.2) is 46.9 Å². The lowest BCUT2D eigenvalue weighted by molar-refractivity contribution is -0.151. The number of allylic oxidation sites excluding steroid dienone is 8. The van der Waals surface area contributed by atoms with Gasteiger partial charge in [0.2, 0.25) is 5.91 Å². The molecule has 0 heterocycles. The summed E-state index contributed by atoms with van der Waals surface area (Å²) in [7, 11) is 0. The molecule has 0 aliphatic heterocycles. The van der Waals surface area contributed by atoms with Gasteiger partial charge in [-0.05, 0) is 83.5 Å². The number of hydrogen-bond donors (Lipinski definition) is 3. The van der Waals surface area contributed by atoms with Gasteiger partial charge in [-0.3, -0.25) is 9.59 Å². The van der Waals surface area contributed by atoms with E-state index in [4.69, 9.17) is 4.74 Å². The van der Waals surface area contributed by atoms with E-state index in [0.717, 1.165) is 89.9 Å². The van der Waals surface area contributed by atoms with Crippen molar-refractivity contribution in [1.29, 1.82) is 0 Å². The lowest BCUT2D eigenvalue weighted by Crippen LogP contribution is -2.46. The van der Waals surface area contributed by atoms with Crippen molar-refractivity contribution >= 4 is 11.9 Å². The van der Waals surface area contributed by atoms with Crippen LogP contribution in [0.4, 0.5) is 0 Å². The maximum absolute atomic E-state index is 13.3. The summed E-state index contributed by atoms with van der Waals surface area (Å²) < 4.78 is 5.95. The molecular weight excluding hydrogens is 803 g/mol. The fourth-order valence-corrected chi connectivity index (χ4v) is 8.62. The van der Waals surface area contributed by atoms with Crippen LogP contribution < -0.4 is 5.32 Å². The van der Waals surface area contributed by atoms with Crippen LogP contribution in [0.5, 0.6) is 0 Å². The number of amides is 1. The number of unbranched alkanes of at least 4 members (excludes halogenated alkanes) is 31. The first-order valence-electron chi connectivity index (χ1n) is 28.4. The molecule has 0 rings (SSSR count).